The van der Waals surface area contributed by atoms with E-state index in [0.717, 1.165) is 0 Å². The van der Waals surface area contributed by atoms with Crippen LogP contribution in [0.15, 0.2) is 30.3 Å². The molecule has 0 aromatic heterocycles. The first-order chi connectivity index (χ1) is 7.75. The molecule has 1 aliphatic rings. The zero-order valence-corrected chi connectivity index (χ0v) is 8.72. The molecular formula is C12H12O4. The Balaban J connectivity index is 1.82. The average molecular weight is 220 g/mol. The van der Waals surface area contributed by atoms with Crippen molar-refractivity contribution in [2.45, 2.75) is 18.9 Å². The van der Waals surface area contributed by atoms with Crippen molar-refractivity contribution < 1.29 is 19.1 Å². The predicted molar refractivity (Wildman–Crippen MR) is 55.8 cm³/mol. The highest BCUT2D eigenvalue weighted by Crippen LogP contribution is 2.14. The van der Waals surface area contributed by atoms with Gasteiger partial charge in [0.2, 0.25) is 0 Å². The molecule has 0 saturated carbocycles. The maximum Gasteiger partial charge on any atom is 0.338 e. The Hall–Kier alpha value is -1.84. The molecule has 1 unspecified atom stereocenters. The maximum atomic E-state index is 11.5. The van der Waals surface area contributed by atoms with Gasteiger partial charge in [-0.25, -0.2) is 4.79 Å². The van der Waals surface area contributed by atoms with Crippen molar-refractivity contribution in [3.63, 3.8) is 0 Å². The van der Waals surface area contributed by atoms with Gasteiger partial charge in [0.05, 0.1) is 5.56 Å². The molecule has 0 bridgehead atoms. The Morgan fingerprint density at radius 1 is 1.38 bits per heavy atom. The Bertz CT molecular complexity index is 385. The smallest absolute Gasteiger partial charge is 0.338 e. The third-order valence-corrected chi connectivity index (χ3v) is 2.38. The van der Waals surface area contributed by atoms with Crippen LogP contribution >= 0.6 is 0 Å². The fourth-order valence-electron chi connectivity index (χ4n) is 1.53. The molecule has 0 aliphatic carbocycles. The molecule has 0 radical (unpaired) electrons. The van der Waals surface area contributed by atoms with E-state index in [2.05, 4.69) is 0 Å². The molecule has 0 amide bonds. The van der Waals surface area contributed by atoms with Crippen LogP contribution in [0.5, 0.6) is 0 Å². The maximum absolute atomic E-state index is 11.5. The number of esters is 2. The molecule has 84 valence electrons. The minimum absolute atomic E-state index is 0.138. The Kier molecular flexibility index (Phi) is 3.19. The molecular weight excluding hydrogens is 208 g/mol. The molecule has 1 aromatic carbocycles. The number of carbonyl (C=O) groups is 2. The Morgan fingerprint density at radius 2 is 2.12 bits per heavy atom. The van der Waals surface area contributed by atoms with E-state index in [0.29, 0.717) is 18.4 Å². The minimum atomic E-state index is -0.386. The highest BCUT2D eigenvalue weighted by molar-refractivity contribution is 5.89. The van der Waals surface area contributed by atoms with Gasteiger partial charge in [0.15, 0.2) is 0 Å². The number of cyclic esters (lactones) is 1. The van der Waals surface area contributed by atoms with Crippen LogP contribution in [0.2, 0.25) is 0 Å². The molecule has 1 aliphatic heterocycles. The second-order valence-corrected chi connectivity index (χ2v) is 3.62. The van der Waals surface area contributed by atoms with Crippen molar-refractivity contribution in [3.8, 4) is 0 Å². The number of hydrogen-bond acceptors (Lipinski definition) is 4. The molecule has 1 fully saturated rings. The summed E-state index contributed by atoms with van der Waals surface area (Å²) in [6.07, 6.45) is 0.759. The number of hydrogen-bond donors (Lipinski definition) is 0. The van der Waals surface area contributed by atoms with Crippen LogP contribution in [0.25, 0.3) is 0 Å². The molecule has 4 nitrogen and oxygen atoms in total. The van der Waals surface area contributed by atoms with Crippen molar-refractivity contribution in [1.82, 2.24) is 0 Å². The van der Waals surface area contributed by atoms with Crippen LogP contribution in [0, 0.1) is 0 Å². The van der Waals surface area contributed by atoms with Gasteiger partial charge in [-0.2, -0.15) is 0 Å². The lowest BCUT2D eigenvalue weighted by molar-refractivity contribution is -0.142. The summed E-state index contributed by atoms with van der Waals surface area (Å²) in [5.74, 6) is -0.607. The summed E-state index contributed by atoms with van der Waals surface area (Å²) in [6.45, 7) is 0.138. The van der Waals surface area contributed by atoms with Gasteiger partial charge in [0.25, 0.3) is 0 Å². The second-order valence-electron chi connectivity index (χ2n) is 3.62. The summed E-state index contributed by atoms with van der Waals surface area (Å²) in [5.41, 5.74) is 0.506. The Morgan fingerprint density at radius 3 is 2.75 bits per heavy atom. The van der Waals surface area contributed by atoms with Gasteiger partial charge >= 0.3 is 11.9 Å². The van der Waals surface area contributed by atoms with E-state index in [-0.39, 0.29) is 24.6 Å². The van der Waals surface area contributed by atoms with E-state index < -0.39 is 0 Å². The zero-order chi connectivity index (χ0) is 11.4. The zero-order valence-electron chi connectivity index (χ0n) is 8.72. The molecule has 1 saturated heterocycles. The topological polar surface area (TPSA) is 52.6 Å². The van der Waals surface area contributed by atoms with Crippen molar-refractivity contribution in [2.24, 2.45) is 0 Å². The third kappa shape index (κ3) is 2.59. The summed E-state index contributed by atoms with van der Waals surface area (Å²) in [6, 6.07) is 8.74. The normalized spacial score (nSPS) is 19.2. The van der Waals surface area contributed by atoms with Crippen LogP contribution in [-0.2, 0) is 14.3 Å². The standard InChI is InChI=1S/C12H12O4/c13-11-7-6-10(16-11)8-15-12(14)9-4-2-1-3-5-9/h1-5,10H,6-8H2. The summed E-state index contributed by atoms with van der Waals surface area (Å²) in [7, 11) is 0. The number of benzene rings is 1. The molecule has 1 atom stereocenters. The highest BCUT2D eigenvalue weighted by atomic mass is 16.6. The lowest BCUT2D eigenvalue weighted by Gasteiger charge is -2.09. The minimum Gasteiger partial charge on any atom is -0.459 e. The molecule has 1 heterocycles. The van der Waals surface area contributed by atoms with Gasteiger partial charge in [-0.15, -0.1) is 0 Å². The van der Waals surface area contributed by atoms with Crippen molar-refractivity contribution in [1.29, 1.82) is 0 Å². The monoisotopic (exact) mass is 220 g/mol. The van der Waals surface area contributed by atoms with Crippen LogP contribution in [0.1, 0.15) is 23.2 Å². The molecule has 2 rings (SSSR count). The number of ether oxygens (including phenoxy) is 2. The van der Waals surface area contributed by atoms with E-state index in [4.69, 9.17) is 9.47 Å². The first-order valence-electron chi connectivity index (χ1n) is 5.17. The van der Waals surface area contributed by atoms with Gasteiger partial charge in [-0.05, 0) is 18.6 Å². The first-order valence-corrected chi connectivity index (χ1v) is 5.17. The van der Waals surface area contributed by atoms with Gasteiger partial charge in [-0.1, -0.05) is 18.2 Å². The van der Waals surface area contributed by atoms with Crippen LogP contribution < -0.4 is 0 Å². The lowest BCUT2D eigenvalue weighted by atomic mass is 10.2. The highest BCUT2D eigenvalue weighted by Gasteiger charge is 2.24. The third-order valence-electron chi connectivity index (χ3n) is 2.38. The average Bonchev–Trinajstić information content (AvgIpc) is 2.73. The predicted octanol–water partition coefficient (Wildman–Crippen LogP) is 1.55. The van der Waals surface area contributed by atoms with E-state index in [1.54, 1.807) is 24.3 Å². The summed E-state index contributed by atoms with van der Waals surface area (Å²) < 4.78 is 9.98. The van der Waals surface area contributed by atoms with Gasteiger partial charge in [0, 0.05) is 6.42 Å². The van der Waals surface area contributed by atoms with Crippen molar-refractivity contribution in [2.75, 3.05) is 6.61 Å². The van der Waals surface area contributed by atoms with Crippen LogP contribution in [0.3, 0.4) is 0 Å². The molecule has 0 spiro atoms. The summed E-state index contributed by atoms with van der Waals surface area (Å²) in [4.78, 5) is 22.3. The molecule has 0 N–H and O–H groups in total. The van der Waals surface area contributed by atoms with E-state index in [1.807, 2.05) is 6.07 Å². The van der Waals surface area contributed by atoms with E-state index in [1.165, 1.54) is 0 Å². The fourth-order valence-corrected chi connectivity index (χ4v) is 1.53. The quantitative estimate of drug-likeness (QED) is 0.725. The fraction of sp³-hybridized carbons (Fsp3) is 0.333. The van der Waals surface area contributed by atoms with Crippen LogP contribution in [-0.4, -0.2) is 24.6 Å². The number of rotatable bonds is 3. The first kappa shape index (κ1) is 10.7. The van der Waals surface area contributed by atoms with E-state index >= 15 is 0 Å². The second kappa shape index (κ2) is 4.79. The summed E-state index contributed by atoms with van der Waals surface area (Å²) in [5, 5.41) is 0. The Labute approximate surface area is 93.2 Å². The van der Waals surface area contributed by atoms with Gasteiger partial charge < -0.3 is 9.47 Å². The van der Waals surface area contributed by atoms with Gasteiger partial charge in [0.1, 0.15) is 12.7 Å². The molecule has 16 heavy (non-hydrogen) atoms. The molecule has 4 heteroatoms. The van der Waals surface area contributed by atoms with Gasteiger partial charge in [-0.3, -0.25) is 4.79 Å². The summed E-state index contributed by atoms with van der Waals surface area (Å²) >= 11 is 0. The van der Waals surface area contributed by atoms with Crippen molar-refractivity contribution >= 4 is 11.9 Å². The van der Waals surface area contributed by atoms with Crippen molar-refractivity contribution in [3.05, 3.63) is 35.9 Å². The van der Waals surface area contributed by atoms with E-state index in [9.17, 15) is 9.59 Å². The largest absolute Gasteiger partial charge is 0.459 e. The lowest BCUT2D eigenvalue weighted by Crippen LogP contribution is -2.18. The SMILES string of the molecule is O=C1CCC(COC(=O)c2ccccc2)O1. The number of carbonyl (C=O) groups excluding carboxylic acids is 2. The van der Waals surface area contributed by atoms with Crippen LogP contribution in [0.4, 0.5) is 0 Å². The molecule has 1 aromatic rings.